The molecule has 2 heterocycles. The monoisotopic (exact) mass is 327 g/mol. The Morgan fingerprint density at radius 2 is 1.88 bits per heavy atom. The van der Waals surface area contributed by atoms with Gasteiger partial charge in [0.1, 0.15) is 18.0 Å². The van der Waals surface area contributed by atoms with Crippen molar-refractivity contribution in [2.45, 2.75) is 13.0 Å². The fourth-order valence-electron chi connectivity index (χ4n) is 3.09. The van der Waals surface area contributed by atoms with Gasteiger partial charge in [0.2, 0.25) is 0 Å². The van der Waals surface area contributed by atoms with Crippen molar-refractivity contribution in [2.75, 3.05) is 16.8 Å². The van der Waals surface area contributed by atoms with Gasteiger partial charge in [-0.3, -0.25) is 0 Å². The van der Waals surface area contributed by atoms with Crippen molar-refractivity contribution >= 4 is 17.3 Å². The normalized spacial score (nSPS) is 13.0. The lowest BCUT2D eigenvalue weighted by Gasteiger charge is -2.29. The van der Waals surface area contributed by atoms with Gasteiger partial charge in [-0.1, -0.05) is 30.3 Å². The fraction of sp³-hybridized carbons (Fsp3) is 0.150. The van der Waals surface area contributed by atoms with Gasteiger partial charge in [0.05, 0.1) is 11.6 Å². The van der Waals surface area contributed by atoms with Gasteiger partial charge in [0.25, 0.3) is 0 Å². The molecule has 0 saturated carbocycles. The number of fused-ring (bicyclic) bond motifs is 1. The number of benzene rings is 2. The smallest absolute Gasteiger partial charge is 0.135 e. The van der Waals surface area contributed by atoms with E-state index in [1.54, 1.807) is 18.5 Å². The van der Waals surface area contributed by atoms with Gasteiger partial charge in [0.15, 0.2) is 0 Å². The molecule has 0 spiro atoms. The van der Waals surface area contributed by atoms with Crippen molar-refractivity contribution < 1.29 is 0 Å². The average molecular weight is 327 g/mol. The van der Waals surface area contributed by atoms with Crippen LogP contribution in [0.5, 0.6) is 0 Å². The number of nitrogens with one attached hydrogen (secondary N) is 1. The highest BCUT2D eigenvalue weighted by molar-refractivity contribution is 5.61. The highest BCUT2D eigenvalue weighted by Gasteiger charge is 2.17. The Bertz CT molecular complexity index is 945. The van der Waals surface area contributed by atoms with E-state index in [1.807, 2.05) is 18.2 Å². The number of aromatic nitrogens is 2. The lowest BCUT2D eigenvalue weighted by molar-refractivity contribution is 0.719. The van der Waals surface area contributed by atoms with Crippen LogP contribution in [0.2, 0.25) is 0 Å². The Kier molecular flexibility index (Phi) is 4.01. The molecule has 25 heavy (non-hydrogen) atoms. The van der Waals surface area contributed by atoms with Crippen LogP contribution in [0.15, 0.2) is 60.9 Å². The molecule has 0 radical (unpaired) electrons. The van der Waals surface area contributed by atoms with Gasteiger partial charge in [-0.2, -0.15) is 5.26 Å². The summed E-state index contributed by atoms with van der Waals surface area (Å²) in [5.41, 5.74) is 4.22. The van der Waals surface area contributed by atoms with Crippen LogP contribution in [-0.4, -0.2) is 16.5 Å². The van der Waals surface area contributed by atoms with Crippen molar-refractivity contribution in [3.05, 3.63) is 77.6 Å². The van der Waals surface area contributed by atoms with Gasteiger partial charge >= 0.3 is 0 Å². The van der Waals surface area contributed by atoms with Crippen LogP contribution >= 0.6 is 0 Å². The number of nitrogens with zero attached hydrogens (tertiary/aromatic N) is 4. The third-order valence-corrected chi connectivity index (χ3v) is 4.37. The van der Waals surface area contributed by atoms with E-state index in [2.05, 4.69) is 50.5 Å². The van der Waals surface area contributed by atoms with Crippen LogP contribution in [0.4, 0.5) is 17.3 Å². The number of hydrogen-bond acceptors (Lipinski definition) is 5. The summed E-state index contributed by atoms with van der Waals surface area (Å²) in [5, 5.41) is 12.3. The van der Waals surface area contributed by atoms with E-state index in [9.17, 15) is 0 Å². The molecule has 3 aromatic rings. The maximum Gasteiger partial charge on any atom is 0.135 e. The average Bonchev–Trinajstić information content (AvgIpc) is 2.68. The molecule has 122 valence electrons. The van der Waals surface area contributed by atoms with Crippen molar-refractivity contribution in [3.8, 4) is 6.07 Å². The molecule has 0 atom stereocenters. The molecule has 1 aliphatic rings. The molecule has 1 aliphatic heterocycles. The number of rotatable bonds is 3. The van der Waals surface area contributed by atoms with Crippen molar-refractivity contribution in [1.29, 1.82) is 5.26 Å². The maximum absolute atomic E-state index is 9.01. The van der Waals surface area contributed by atoms with E-state index < -0.39 is 0 Å². The molecule has 4 rings (SSSR count). The molecule has 0 unspecified atom stereocenters. The summed E-state index contributed by atoms with van der Waals surface area (Å²) in [6, 6.07) is 20.0. The van der Waals surface area contributed by atoms with Crippen LogP contribution in [0.25, 0.3) is 0 Å². The van der Waals surface area contributed by atoms with Crippen LogP contribution in [0, 0.1) is 11.3 Å². The molecule has 0 aliphatic carbocycles. The molecule has 0 fully saturated rings. The van der Waals surface area contributed by atoms with E-state index >= 15 is 0 Å². The Hall–Kier alpha value is -3.39. The Morgan fingerprint density at radius 3 is 2.76 bits per heavy atom. The molecule has 1 aromatic heterocycles. The zero-order valence-corrected chi connectivity index (χ0v) is 13.7. The van der Waals surface area contributed by atoms with E-state index in [4.69, 9.17) is 5.26 Å². The summed E-state index contributed by atoms with van der Waals surface area (Å²) < 4.78 is 0. The van der Waals surface area contributed by atoms with E-state index in [1.165, 1.54) is 11.1 Å². The lowest BCUT2D eigenvalue weighted by atomic mass is 10.00. The van der Waals surface area contributed by atoms with E-state index in [-0.39, 0.29) is 0 Å². The van der Waals surface area contributed by atoms with Crippen LogP contribution in [0.3, 0.4) is 0 Å². The molecule has 0 saturated heterocycles. The predicted molar refractivity (Wildman–Crippen MR) is 97.7 cm³/mol. The first kappa shape index (κ1) is 15.2. The standard InChI is InChI=1S/C20H17N5/c21-12-15-4-3-7-18(10-15)24-19-11-20(23-14-22-19)25-9-8-16-5-1-2-6-17(16)13-25/h1-7,10-11,14H,8-9,13H2,(H,22,23,24). The zero-order valence-electron chi connectivity index (χ0n) is 13.7. The van der Waals surface area contributed by atoms with Crippen molar-refractivity contribution in [2.24, 2.45) is 0 Å². The third-order valence-electron chi connectivity index (χ3n) is 4.37. The summed E-state index contributed by atoms with van der Waals surface area (Å²) in [7, 11) is 0. The first-order valence-corrected chi connectivity index (χ1v) is 8.23. The summed E-state index contributed by atoms with van der Waals surface area (Å²) >= 11 is 0. The van der Waals surface area contributed by atoms with Crippen LogP contribution in [-0.2, 0) is 13.0 Å². The summed E-state index contributed by atoms with van der Waals surface area (Å²) in [5.74, 6) is 1.63. The lowest BCUT2D eigenvalue weighted by Crippen LogP contribution is -2.31. The second kappa shape index (κ2) is 6.62. The Morgan fingerprint density at radius 1 is 1.00 bits per heavy atom. The Balaban J connectivity index is 1.55. The zero-order chi connectivity index (χ0) is 17.1. The van der Waals surface area contributed by atoms with Gasteiger partial charge in [-0.25, -0.2) is 9.97 Å². The van der Waals surface area contributed by atoms with Gasteiger partial charge in [0, 0.05) is 24.8 Å². The predicted octanol–water partition coefficient (Wildman–Crippen LogP) is 3.65. The molecular weight excluding hydrogens is 310 g/mol. The minimum atomic E-state index is 0.618. The van der Waals surface area contributed by atoms with Gasteiger partial charge < -0.3 is 10.2 Å². The Labute approximate surface area is 146 Å². The highest BCUT2D eigenvalue weighted by atomic mass is 15.2. The number of anilines is 3. The maximum atomic E-state index is 9.01. The SMILES string of the molecule is N#Cc1cccc(Nc2cc(N3CCc4ccccc4C3)ncn2)c1. The van der Waals surface area contributed by atoms with E-state index in [0.717, 1.165) is 36.8 Å². The topological polar surface area (TPSA) is 64.8 Å². The fourth-order valence-corrected chi connectivity index (χ4v) is 3.09. The number of hydrogen-bond donors (Lipinski definition) is 1. The first-order chi connectivity index (χ1) is 12.3. The summed E-state index contributed by atoms with van der Waals surface area (Å²) in [6.45, 7) is 1.80. The minimum absolute atomic E-state index is 0.618. The highest BCUT2D eigenvalue weighted by Crippen LogP contribution is 2.25. The summed E-state index contributed by atoms with van der Waals surface area (Å²) in [4.78, 5) is 11.0. The minimum Gasteiger partial charge on any atom is -0.352 e. The molecule has 1 N–H and O–H groups in total. The second-order valence-corrected chi connectivity index (χ2v) is 6.02. The quantitative estimate of drug-likeness (QED) is 0.795. The molecule has 5 heteroatoms. The third kappa shape index (κ3) is 3.29. The second-order valence-electron chi connectivity index (χ2n) is 6.02. The molecule has 0 bridgehead atoms. The molecule has 2 aromatic carbocycles. The first-order valence-electron chi connectivity index (χ1n) is 8.23. The molecule has 0 amide bonds. The van der Waals surface area contributed by atoms with Crippen molar-refractivity contribution in [3.63, 3.8) is 0 Å². The molecule has 5 nitrogen and oxygen atoms in total. The van der Waals surface area contributed by atoms with Crippen LogP contribution < -0.4 is 10.2 Å². The van der Waals surface area contributed by atoms with Gasteiger partial charge in [-0.05, 0) is 35.7 Å². The molecular formula is C20H17N5. The van der Waals surface area contributed by atoms with Gasteiger partial charge in [-0.15, -0.1) is 0 Å². The van der Waals surface area contributed by atoms with Crippen molar-refractivity contribution in [1.82, 2.24) is 9.97 Å². The van der Waals surface area contributed by atoms with E-state index in [0.29, 0.717) is 5.56 Å². The summed E-state index contributed by atoms with van der Waals surface area (Å²) in [6.07, 6.45) is 2.60. The largest absolute Gasteiger partial charge is 0.352 e. The van der Waals surface area contributed by atoms with Crippen LogP contribution in [0.1, 0.15) is 16.7 Å². The number of nitriles is 1.